The van der Waals surface area contributed by atoms with Gasteiger partial charge in [0.15, 0.2) is 0 Å². The van der Waals surface area contributed by atoms with Crippen LogP contribution in [0.5, 0.6) is 0 Å². The van der Waals surface area contributed by atoms with Crippen LogP contribution in [0.3, 0.4) is 0 Å². The predicted molar refractivity (Wildman–Crippen MR) is 85.4 cm³/mol. The Morgan fingerprint density at radius 1 is 1.25 bits per heavy atom. The van der Waals surface area contributed by atoms with Crippen molar-refractivity contribution in [2.24, 2.45) is 5.92 Å². The van der Waals surface area contributed by atoms with Crippen molar-refractivity contribution >= 4 is 11.6 Å². The number of hydrogen-bond acceptors (Lipinski definition) is 2. The second-order valence-corrected chi connectivity index (χ2v) is 6.85. The number of aryl methyl sites for hydroxylation is 1. The first-order valence-electron chi connectivity index (χ1n) is 7.96. The minimum absolute atomic E-state index is 0.533. The van der Waals surface area contributed by atoms with Crippen LogP contribution in [-0.4, -0.2) is 31.1 Å². The molecule has 1 saturated heterocycles. The zero-order valence-electron chi connectivity index (χ0n) is 12.4. The lowest BCUT2D eigenvalue weighted by Gasteiger charge is -2.30. The maximum Gasteiger partial charge on any atom is 0.0408 e. The van der Waals surface area contributed by atoms with Crippen LogP contribution in [0, 0.1) is 5.92 Å². The summed E-state index contributed by atoms with van der Waals surface area (Å²) in [5.41, 5.74) is 2.89. The number of nitrogens with zero attached hydrogens (tertiary/aromatic N) is 1. The van der Waals surface area contributed by atoms with Gasteiger partial charge in [-0.2, -0.15) is 0 Å². The summed E-state index contributed by atoms with van der Waals surface area (Å²) in [4.78, 5) is 2.60. The van der Waals surface area contributed by atoms with E-state index in [0.29, 0.717) is 6.04 Å². The van der Waals surface area contributed by atoms with Gasteiger partial charge in [-0.05, 0) is 68.0 Å². The topological polar surface area (TPSA) is 15.3 Å². The molecule has 1 N–H and O–H groups in total. The molecule has 1 fully saturated rings. The van der Waals surface area contributed by atoms with Crippen LogP contribution >= 0.6 is 11.6 Å². The summed E-state index contributed by atoms with van der Waals surface area (Å²) in [6.07, 6.45) is 5.11. The number of piperidine rings is 1. The quantitative estimate of drug-likeness (QED) is 0.911. The largest absolute Gasteiger partial charge is 0.309 e. The number of rotatable bonds is 4. The second-order valence-electron chi connectivity index (χ2n) is 6.41. The van der Waals surface area contributed by atoms with Crippen LogP contribution in [0.15, 0.2) is 18.2 Å². The van der Waals surface area contributed by atoms with Crippen molar-refractivity contribution in [3.05, 3.63) is 34.3 Å². The first-order chi connectivity index (χ1) is 9.72. The van der Waals surface area contributed by atoms with E-state index < -0.39 is 0 Å². The van der Waals surface area contributed by atoms with Crippen molar-refractivity contribution in [3.8, 4) is 0 Å². The molecule has 1 heterocycles. The number of likely N-dealkylation sites (tertiary alicyclic amines) is 1. The molecule has 1 unspecified atom stereocenters. The smallest absolute Gasteiger partial charge is 0.0408 e. The monoisotopic (exact) mass is 292 g/mol. The first-order valence-corrected chi connectivity index (χ1v) is 8.34. The van der Waals surface area contributed by atoms with Gasteiger partial charge in [-0.1, -0.05) is 24.6 Å². The Bertz CT molecular complexity index is 452. The molecule has 3 heteroatoms. The van der Waals surface area contributed by atoms with Gasteiger partial charge < -0.3 is 10.2 Å². The summed E-state index contributed by atoms with van der Waals surface area (Å²) in [5, 5.41) is 4.60. The standard InChI is InChI=1S/C17H25ClN2/c1-13-6-9-20(10-7-13)11-8-19-17-5-2-14-12-15(18)3-4-16(14)17/h3-4,12-13,17,19H,2,5-11H2,1H3. The van der Waals surface area contributed by atoms with Crippen LogP contribution < -0.4 is 5.32 Å². The zero-order valence-corrected chi connectivity index (χ0v) is 13.1. The Morgan fingerprint density at radius 3 is 2.85 bits per heavy atom. The molecule has 2 nitrogen and oxygen atoms in total. The fourth-order valence-corrected chi connectivity index (χ4v) is 3.68. The number of nitrogens with one attached hydrogen (secondary N) is 1. The summed E-state index contributed by atoms with van der Waals surface area (Å²) in [7, 11) is 0. The fraction of sp³-hybridized carbons (Fsp3) is 0.647. The molecule has 1 atom stereocenters. The Kier molecular flexibility index (Phi) is 4.65. The van der Waals surface area contributed by atoms with Crippen molar-refractivity contribution in [1.29, 1.82) is 0 Å². The molecule has 110 valence electrons. The van der Waals surface area contributed by atoms with E-state index in [2.05, 4.69) is 29.3 Å². The van der Waals surface area contributed by atoms with Crippen molar-refractivity contribution < 1.29 is 0 Å². The van der Waals surface area contributed by atoms with Gasteiger partial charge in [0.1, 0.15) is 0 Å². The molecule has 1 aliphatic heterocycles. The summed E-state index contributed by atoms with van der Waals surface area (Å²) >= 11 is 6.06. The maximum absolute atomic E-state index is 6.06. The van der Waals surface area contributed by atoms with Crippen LogP contribution in [0.4, 0.5) is 0 Å². The molecule has 1 aromatic rings. The Labute approximate surface area is 127 Å². The average molecular weight is 293 g/mol. The van der Waals surface area contributed by atoms with Gasteiger partial charge in [-0.25, -0.2) is 0 Å². The van der Waals surface area contributed by atoms with Crippen LogP contribution in [0.1, 0.15) is 43.4 Å². The number of benzene rings is 1. The Morgan fingerprint density at radius 2 is 2.05 bits per heavy atom. The first kappa shape index (κ1) is 14.4. The highest BCUT2D eigenvalue weighted by Crippen LogP contribution is 2.32. The van der Waals surface area contributed by atoms with E-state index in [1.54, 1.807) is 0 Å². The average Bonchev–Trinajstić information content (AvgIpc) is 2.83. The van der Waals surface area contributed by atoms with Crippen LogP contribution in [0.25, 0.3) is 0 Å². The Hall–Kier alpha value is -0.570. The molecule has 0 radical (unpaired) electrons. The van der Waals surface area contributed by atoms with Gasteiger partial charge in [-0.3, -0.25) is 0 Å². The number of fused-ring (bicyclic) bond motifs is 1. The second kappa shape index (κ2) is 6.46. The third kappa shape index (κ3) is 3.36. The highest BCUT2D eigenvalue weighted by atomic mass is 35.5. The molecule has 0 bridgehead atoms. The van der Waals surface area contributed by atoms with Gasteiger partial charge >= 0.3 is 0 Å². The molecule has 3 rings (SSSR count). The number of hydrogen-bond donors (Lipinski definition) is 1. The molecule has 0 aromatic heterocycles. The van der Waals surface area contributed by atoms with E-state index >= 15 is 0 Å². The molecule has 2 aliphatic rings. The summed E-state index contributed by atoms with van der Waals surface area (Å²) in [5.74, 6) is 0.922. The van der Waals surface area contributed by atoms with E-state index in [9.17, 15) is 0 Å². The maximum atomic E-state index is 6.06. The third-order valence-electron chi connectivity index (χ3n) is 4.88. The molecule has 0 amide bonds. The molecule has 1 aliphatic carbocycles. The Balaban J connectivity index is 1.46. The predicted octanol–water partition coefficient (Wildman–Crippen LogP) is 3.65. The van der Waals surface area contributed by atoms with Gasteiger partial charge in [0.2, 0.25) is 0 Å². The van der Waals surface area contributed by atoms with Gasteiger partial charge in [0, 0.05) is 24.2 Å². The van der Waals surface area contributed by atoms with Gasteiger partial charge in [0.05, 0.1) is 0 Å². The lowest BCUT2D eigenvalue weighted by Crippen LogP contribution is -2.38. The molecule has 0 spiro atoms. The molecule has 1 aromatic carbocycles. The highest BCUT2D eigenvalue weighted by molar-refractivity contribution is 6.30. The fourth-order valence-electron chi connectivity index (χ4n) is 3.48. The lowest BCUT2D eigenvalue weighted by atomic mass is 9.99. The summed E-state index contributed by atoms with van der Waals surface area (Å²) in [6, 6.07) is 6.88. The van der Waals surface area contributed by atoms with Crippen LogP contribution in [0.2, 0.25) is 5.02 Å². The normalized spacial score (nSPS) is 24.0. The minimum Gasteiger partial charge on any atom is -0.309 e. The van der Waals surface area contributed by atoms with E-state index in [0.717, 1.165) is 23.9 Å². The van der Waals surface area contributed by atoms with Gasteiger partial charge in [-0.15, -0.1) is 0 Å². The zero-order chi connectivity index (χ0) is 13.9. The minimum atomic E-state index is 0.533. The van der Waals surface area contributed by atoms with Crippen molar-refractivity contribution in [1.82, 2.24) is 10.2 Å². The highest BCUT2D eigenvalue weighted by Gasteiger charge is 2.22. The molecular weight excluding hydrogens is 268 g/mol. The van der Waals surface area contributed by atoms with E-state index in [1.165, 1.54) is 50.0 Å². The molecular formula is C17H25ClN2. The molecule has 20 heavy (non-hydrogen) atoms. The van der Waals surface area contributed by atoms with E-state index in [-0.39, 0.29) is 0 Å². The van der Waals surface area contributed by atoms with Crippen molar-refractivity contribution in [3.63, 3.8) is 0 Å². The van der Waals surface area contributed by atoms with Crippen molar-refractivity contribution in [2.75, 3.05) is 26.2 Å². The van der Waals surface area contributed by atoms with E-state index in [4.69, 9.17) is 11.6 Å². The molecule has 0 saturated carbocycles. The van der Waals surface area contributed by atoms with E-state index in [1.807, 2.05) is 6.07 Å². The summed E-state index contributed by atoms with van der Waals surface area (Å²) in [6.45, 7) is 7.21. The van der Waals surface area contributed by atoms with Gasteiger partial charge in [0.25, 0.3) is 0 Å². The third-order valence-corrected chi connectivity index (χ3v) is 5.11. The summed E-state index contributed by atoms with van der Waals surface area (Å²) < 4.78 is 0. The SMILES string of the molecule is CC1CCN(CCNC2CCc3cc(Cl)ccc32)CC1. The van der Waals surface area contributed by atoms with Crippen molar-refractivity contribution in [2.45, 2.75) is 38.6 Å². The van der Waals surface area contributed by atoms with Crippen LogP contribution in [-0.2, 0) is 6.42 Å². The lowest BCUT2D eigenvalue weighted by molar-refractivity contribution is 0.191. The number of halogens is 1.